The van der Waals surface area contributed by atoms with Crippen LogP contribution in [0.25, 0.3) is 0 Å². The van der Waals surface area contributed by atoms with Crippen LogP contribution in [0, 0.1) is 6.92 Å². The number of carbonyl (C=O) groups is 1. The molecule has 0 unspecified atom stereocenters. The van der Waals surface area contributed by atoms with Gasteiger partial charge in [-0.3, -0.25) is 13.9 Å². The van der Waals surface area contributed by atoms with E-state index in [0.717, 1.165) is 5.56 Å². The van der Waals surface area contributed by atoms with Gasteiger partial charge in [-0.2, -0.15) is 16.8 Å². The molecule has 12 heteroatoms. The van der Waals surface area contributed by atoms with Gasteiger partial charge in [-0.25, -0.2) is 0 Å². The fraction of sp³-hybridized carbons (Fsp3) is 0.0952. The first-order chi connectivity index (χ1) is 15.4. The van der Waals surface area contributed by atoms with Crippen LogP contribution in [0.3, 0.4) is 0 Å². The van der Waals surface area contributed by atoms with E-state index in [4.69, 9.17) is 9.11 Å². The van der Waals surface area contributed by atoms with E-state index in [1.165, 1.54) is 48.5 Å². The summed E-state index contributed by atoms with van der Waals surface area (Å²) >= 11 is 0. The predicted octanol–water partition coefficient (Wildman–Crippen LogP) is 2.64. The smallest absolute Gasteiger partial charge is 0.362 e. The standard InChI is InChI=1S/C21H17NO9S2/c1-13-2-11-19-18(12-13)21(20(23)22-19,14-3-7-16(8-4-14)30-32(24,25)26)15-5-9-17(10-6-15)31-33(27,28)29/h2-12H,1H3,(H,22,23)(H,24,25,26)(H,27,28,29). The molecule has 0 bridgehead atoms. The van der Waals surface area contributed by atoms with Crippen LogP contribution in [0.1, 0.15) is 22.3 Å². The monoisotopic (exact) mass is 491 g/mol. The number of benzene rings is 3. The molecule has 0 spiro atoms. The van der Waals surface area contributed by atoms with Gasteiger partial charge in [-0.1, -0.05) is 42.0 Å². The average Bonchev–Trinajstić information content (AvgIpc) is 2.99. The zero-order chi connectivity index (χ0) is 24.0. The molecule has 1 aliphatic heterocycles. The molecule has 0 aromatic heterocycles. The number of fused-ring (bicyclic) bond motifs is 1. The van der Waals surface area contributed by atoms with Gasteiger partial charge < -0.3 is 13.7 Å². The summed E-state index contributed by atoms with van der Waals surface area (Å²) in [7, 11) is -9.45. The van der Waals surface area contributed by atoms with Crippen LogP contribution in [0.15, 0.2) is 66.7 Å². The summed E-state index contributed by atoms with van der Waals surface area (Å²) in [6, 6.07) is 16.5. The molecule has 0 radical (unpaired) electrons. The number of rotatable bonds is 6. The molecule has 1 aliphatic rings. The van der Waals surface area contributed by atoms with Crippen molar-refractivity contribution in [2.24, 2.45) is 0 Å². The molecule has 3 aromatic rings. The lowest BCUT2D eigenvalue weighted by Gasteiger charge is -2.29. The van der Waals surface area contributed by atoms with Crippen LogP contribution < -0.4 is 13.7 Å². The minimum absolute atomic E-state index is 0.156. The second-order valence-electron chi connectivity index (χ2n) is 7.32. The Bertz CT molecular complexity index is 1370. The topological polar surface area (TPSA) is 156 Å². The van der Waals surface area contributed by atoms with E-state index in [9.17, 15) is 21.6 Å². The zero-order valence-electron chi connectivity index (χ0n) is 16.9. The second kappa shape index (κ2) is 7.85. The molecule has 33 heavy (non-hydrogen) atoms. The Kier molecular flexibility index (Phi) is 5.41. The maximum atomic E-state index is 13.4. The molecule has 1 amide bonds. The molecule has 0 fully saturated rings. The maximum absolute atomic E-state index is 13.4. The minimum atomic E-state index is -4.72. The van der Waals surface area contributed by atoms with Crippen molar-refractivity contribution in [3.63, 3.8) is 0 Å². The Morgan fingerprint density at radius 3 is 1.64 bits per heavy atom. The number of amides is 1. The van der Waals surface area contributed by atoms with Gasteiger partial charge in [0, 0.05) is 11.3 Å². The highest BCUT2D eigenvalue weighted by atomic mass is 32.3. The lowest BCUT2D eigenvalue weighted by atomic mass is 9.70. The van der Waals surface area contributed by atoms with E-state index < -0.39 is 32.1 Å². The molecule has 0 aliphatic carbocycles. The molecule has 3 N–H and O–H groups in total. The molecule has 172 valence electrons. The van der Waals surface area contributed by atoms with Crippen molar-refractivity contribution in [2.45, 2.75) is 12.3 Å². The van der Waals surface area contributed by atoms with E-state index in [2.05, 4.69) is 13.7 Å². The summed E-state index contributed by atoms with van der Waals surface area (Å²) in [5.41, 5.74) is 1.61. The van der Waals surface area contributed by atoms with Crippen LogP contribution in [0.5, 0.6) is 11.5 Å². The normalized spacial score (nSPS) is 14.9. The Labute approximate surface area is 189 Å². The number of nitrogens with one attached hydrogen (secondary N) is 1. The van der Waals surface area contributed by atoms with Gasteiger partial charge in [0.2, 0.25) is 5.91 Å². The van der Waals surface area contributed by atoms with Crippen LogP contribution in [0.4, 0.5) is 5.69 Å². The van der Waals surface area contributed by atoms with E-state index in [-0.39, 0.29) is 11.5 Å². The Morgan fingerprint density at radius 1 is 0.758 bits per heavy atom. The highest BCUT2D eigenvalue weighted by molar-refractivity contribution is 7.81. The van der Waals surface area contributed by atoms with Crippen molar-refractivity contribution in [3.8, 4) is 11.5 Å². The van der Waals surface area contributed by atoms with Gasteiger partial charge >= 0.3 is 20.8 Å². The molecular weight excluding hydrogens is 474 g/mol. The number of hydrogen-bond donors (Lipinski definition) is 3. The predicted molar refractivity (Wildman–Crippen MR) is 117 cm³/mol. The van der Waals surface area contributed by atoms with Crippen molar-refractivity contribution in [3.05, 3.63) is 89.0 Å². The number of hydrogen-bond acceptors (Lipinski definition) is 7. The Hall–Kier alpha value is -3.45. The second-order valence-corrected chi connectivity index (χ2v) is 9.37. The summed E-state index contributed by atoms with van der Waals surface area (Å²) in [4.78, 5) is 13.4. The maximum Gasteiger partial charge on any atom is 0.446 e. The quantitative estimate of drug-likeness (QED) is 0.441. The van der Waals surface area contributed by atoms with Crippen molar-refractivity contribution in [1.82, 2.24) is 0 Å². The van der Waals surface area contributed by atoms with E-state index in [0.29, 0.717) is 22.4 Å². The molecule has 0 saturated heterocycles. The summed E-state index contributed by atoms with van der Waals surface area (Å²) < 4.78 is 70.8. The summed E-state index contributed by atoms with van der Waals surface area (Å²) in [6.45, 7) is 1.86. The van der Waals surface area contributed by atoms with Gasteiger partial charge in [-0.05, 0) is 48.4 Å². The summed E-state index contributed by atoms with van der Waals surface area (Å²) in [5, 5.41) is 2.85. The summed E-state index contributed by atoms with van der Waals surface area (Å²) in [5.74, 6) is -0.706. The van der Waals surface area contributed by atoms with Crippen molar-refractivity contribution >= 4 is 32.4 Å². The molecule has 3 aromatic carbocycles. The van der Waals surface area contributed by atoms with Crippen molar-refractivity contribution < 1.29 is 39.1 Å². The lowest BCUT2D eigenvalue weighted by molar-refractivity contribution is -0.118. The molecule has 0 atom stereocenters. The molecule has 0 saturated carbocycles. The lowest BCUT2D eigenvalue weighted by Crippen LogP contribution is -2.37. The third-order valence-electron chi connectivity index (χ3n) is 5.15. The van der Waals surface area contributed by atoms with E-state index in [1.54, 1.807) is 6.07 Å². The zero-order valence-corrected chi connectivity index (χ0v) is 18.6. The first kappa shape index (κ1) is 22.7. The van der Waals surface area contributed by atoms with Crippen LogP contribution in [-0.4, -0.2) is 31.8 Å². The van der Waals surface area contributed by atoms with Crippen LogP contribution in [0.2, 0.25) is 0 Å². The third kappa shape index (κ3) is 4.41. The first-order valence-electron chi connectivity index (χ1n) is 9.36. The molecular formula is C21H17NO9S2. The Balaban J connectivity index is 1.90. The van der Waals surface area contributed by atoms with Gasteiger partial charge in [0.15, 0.2) is 0 Å². The number of aryl methyl sites for hydroxylation is 1. The highest BCUT2D eigenvalue weighted by Crippen LogP contribution is 2.48. The molecule has 1 heterocycles. The largest absolute Gasteiger partial charge is 0.446 e. The third-order valence-corrected chi connectivity index (χ3v) is 5.95. The van der Waals surface area contributed by atoms with Gasteiger partial charge in [-0.15, -0.1) is 0 Å². The average molecular weight is 491 g/mol. The fourth-order valence-electron chi connectivity index (χ4n) is 3.92. The molecule has 4 rings (SSSR count). The number of anilines is 1. The fourth-order valence-corrected chi connectivity index (χ4v) is 4.63. The van der Waals surface area contributed by atoms with Crippen molar-refractivity contribution in [1.29, 1.82) is 0 Å². The van der Waals surface area contributed by atoms with Gasteiger partial charge in [0.25, 0.3) is 0 Å². The summed E-state index contributed by atoms with van der Waals surface area (Å²) in [6.07, 6.45) is 0. The minimum Gasteiger partial charge on any atom is -0.362 e. The molecule has 10 nitrogen and oxygen atoms in total. The van der Waals surface area contributed by atoms with E-state index >= 15 is 0 Å². The van der Waals surface area contributed by atoms with Crippen LogP contribution in [-0.2, 0) is 31.0 Å². The van der Waals surface area contributed by atoms with Crippen LogP contribution >= 0.6 is 0 Å². The SMILES string of the molecule is Cc1ccc2c(c1)C(c1ccc(OS(=O)(=O)O)cc1)(c1ccc(OS(=O)(=O)O)cc1)C(=O)N2. The number of carbonyl (C=O) groups excluding carboxylic acids is 1. The van der Waals surface area contributed by atoms with Gasteiger partial charge in [0.05, 0.1) is 0 Å². The first-order valence-corrected chi connectivity index (χ1v) is 12.1. The highest BCUT2D eigenvalue weighted by Gasteiger charge is 2.49. The van der Waals surface area contributed by atoms with Crippen molar-refractivity contribution in [2.75, 3.05) is 5.32 Å². The Morgan fingerprint density at radius 2 is 1.21 bits per heavy atom. The van der Waals surface area contributed by atoms with E-state index in [1.807, 2.05) is 19.1 Å². The van der Waals surface area contributed by atoms with Gasteiger partial charge in [0.1, 0.15) is 16.9 Å².